The van der Waals surface area contributed by atoms with E-state index >= 15 is 0 Å². The molecule has 0 saturated carbocycles. The molecule has 0 unspecified atom stereocenters. The van der Waals surface area contributed by atoms with E-state index in [-0.39, 0.29) is 18.2 Å². The highest BCUT2D eigenvalue weighted by Crippen LogP contribution is 2.34. The van der Waals surface area contributed by atoms with Crippen molar-refractivity contribution < 1.29 is 19.5 Å². The summed E-state index contributed by atoms with van der Waals surface area (Å²) in [6.45, 7) is 5.85. The molecule has 0 amide bonds. The van der Waals surface area contributed by atoms with Crippen LogP contribution in [0.1, 0.15) is 32.3 Å². The smallest absolute Gasteiger partial charge is 0.356 e. The Hall–Kier alpha value is -1.08. The average molecular weight is 437 g/mol. The van der Waals surface area contributed by atoms with Crippen molar-refractivity contribution in [2.45, 2.75) is 39.7 Å². The zero-order chi connectivity index (χ0) is 16.7. The molecule has 1 aromatic rings. The van der Waals surface area contributed by atoms with E-state index in [1.54, 1.807) is 13.8 Å². The summed E-state index contributed by atoms with van der Waals surface area (Å²) in [7, 11) is 0. The van der Waals surface area contributed by atoms with E-state index in [2.05, 4.69) is 37.0 Å². The van der Waals surface area contributed by atoms with Gasteiger partial charge in [0.1, 0.15) is 5.75 Å². The molecule has 0 aliphatic carbocycles. The second kappa shape index (κ2) is 9.15. The summed E-state index contributed by atoms with van der Waals surface area (Å²) in [4.78, 5) is 11.6. The summed E-state index contributed by atoms with van der Waals surface area (Å²) in [5.74, 6) is 0.105. The van der Waals surface area contributed by atoms with E-state index in [0.29, 0.717) is 18.8 Å². The van der Waals surface area contributed by atoms with Crippen LogP contribution in [0.3, 0.4) is 0 Å². The maximum Gasteiger partial charge on any atom is 0.356 e. The fourth-order valence-electron chi connectivity index (χ4n) is 1.71. The fourth-order valence-corrected chi connectivity index (χ4v) is 3.36. The van der Waals surface area contributed by atoms with Gasteiger partial charge in [-0.05, 0) is 76.7 Å². The summed E-state index contributed by atoms with van der Waals surface area (Å²) in [5, 5.41) is 11.9. The molecule has 0 bridgehead atoms. The third-order valence-electron chi connectivity index (χ3n) is 2.65. The predicted octanol–water partition coefficient (Wildman–Crippen LogP) is 4.46. The van der Waals surface area contributed by atoms with Crippen molar-refractivity contribution in [3.8, 4) is 5.75 Å². The summed E-state index contributed by atoms with van der Waals surface area (Å²) in [6.07, 6.45) is 0.558. The van der Waals surface area contributed by atoms with E-state index in [4.69, 9.17) is 14.7 Å². The number of oxime groups is 1. The fraction of sp³-hybridized carbons (Fsp3) is 0.467. The molecule has 122 valence electrons. The highest BCUT2D eigenvalue weighted by molar-refractivity contribution is 9.11. The molecule has 5 nitrogen and oxygen atoms in total. The van der Waals surface area contributed by atoms with Gasteiger partial charge in [-0.15, -0.1) is 0 Å². The Morgan fingerprint density at radius 2 is 1.91 bits per heavy atom. The molecule has 0 saturated heterocycles. The number of benzene rings is 1. The van der Waals surface area contributed by atoms with E-state index in [9.17, 15) is 4.79 Å². The SMILES string of the molecule is Cc1cc(Br)c(OCCCC(=NO)C(=O)OC(C)C)c(Br)c1. The Kier molecular flexibility index (Phi) is 7.89. The number of hydrogen-bond acceptors (Lipinski definition) is 5. The van der Waals surface area contributed by atoms with Crippen molar-refractivity contribution >= 4 is 43.5 Å². The van der Waals surface area contributed by atoms with E-state index in [1.165, 1.54) is 0 Å². The molecule has 0 heterocycles. The van der Waals surface area contributed by atoms with Crippen molar-refractivity contribution in [2.75, 3.05) is 6.61 Å². The largest absolute Gasteiger partial charge is 0.491 e. The zero-order valence-corrected chi connectivity index (χ0v) is 15.9. The molecule has 1 N–H and O–H groups in total. The van der Waals surface area contributed by atoms with Crippen molar-refractivity contribution in [2.24, 2.45) is 5.16 Å². The Bertz CT molecular complexity index is 535. The van der Waals surface area contributed by atoms with Crippen LogP contribution in [0.15, 0.2) is 26.2 Å². The van der Waals surface area contributed by atoms with Crippen molar-refractivity contribution in [1.82, 2.24) is 0 Å². The number of ether oxygens (including phenoxy) is 2. The molecule has 0 aliphatic rings. The summed E-state index contributed by atoms with van der Waals surface area (Å²) in [6, 6.07) is 3.92. The Morgan fingerprint density at radius 3 is 2.41 bits per heavy atom. The number of esters is 1. The number of carbonyl (C=O) groups excluding carboxylic acids is 1. The van der Waals surface area contributed by atoms with Crippen LogP contribution >= 0.6 is 31.9 Å². The third kappa shape index (κ3) is 5.96. The molecule has 1 aromatic carbocycles. The van der Waals surface area contributed by atoms with Crippen molar-refractivity contribution in [3.63, 3.8) is 0 Å². The third-order valence-corrected chi connectivity index (χ3v) is 3.82. The van der Waals surface area contributed by atoms with Gasteiger partial charge in [0.05, 0.1) is 21.7 Å². The van der Waals surface area contributed by atoms with Crippen LogP contribution in [0.5, 0.6) is 5.75 Å². The minimum absolute atomic E-state index is 0.000613. The van der Waals surface area contributed by atoms with Gasteiger partial charge in [-0.3, -0.25) is 0 Å². The first kappa shape index (κ1) is 19.0. The highest BCUT2D eigenvalue weighted by atomic mass is 79.9. The van der Waals surface area contributed by atoms with Crippen LogP contribution in [0, 0.1) is 6.92 Å². The van der Waals surface area contributed by atoms with Gasteiger partial charge < -0.3 is 14.7 Å². The standard InChI is InChI=1S/C15H19Br2NO4/c1-9(2)22-15(19)13(18-20)5-4-6-21-14-11(16)7-10(3)8-12(14)17/h7-9,20H,4-6H2,1-3H3. The number of nitrogens with zero attached hydrogens (tertiary/aromatic N) is 1. The van der Waals surface area contributed by atoms with Gasteiger partial charge >= 0.3 is 5.97 Å². The molecular formula is C15H19Br2NO4. The van der Waals surface area contributed by atoms with E-state index in [1.807, 2.05) is 19.1 Å². The van der Waals surface area contributed by atoms with Crippen LogP contribution in [0.4, 0.5) is 0 Å². The van der Waals surface area contributed by atoms with Gasteiger partial charge in [0, 0.05) is 6.42 Å². The molecule has 22 heavy (non-hydrogen) atoms. The van der Waals surface area contributed by atoms with Crippen LogP contribution in [-0.4, -0.2) is 29.6 Å². The predicted molar refractivity (Wildman–Crippen MR) is 91.8 cm³/mol. The normalized spacial score (nSPS) is 11.6. The minimum atomic E-state index is -0.602. The van der Waals surface area contributed by atoms with Gasteiger partial charge in [-0.1, -0.05) is 5.16 Å². The van der Waals surface area contributed by atoms with Gasteiger partial charge in [-0.25, -0.2) is 4.79 Å². The maximum absolute atomic E-state index is 11.6. The zero-order valence-electron chi connectivity index (χ0n) is 12.7. The van der Waals surface area contributed by atoms with Crippen LogP contribution in [-0.2, 0) is 9.53 Å². The quantitative estimate of drug-likeness (QED) is 0.225. The second-order valence-corrected chi connectivity index (χ2v) is 6.72. The lowest BCUT2D eigenvalue weighted by Crippen LogP contribution is -2.21. The molecule has 0 spiro atoms. The molecule has 1 rings (SSSR count). The number of carbonyl (C=O) groups is 1. The average Bonchev–Trinajstić information content (AvgIpc) is 2.40. The molecular weight excluding hydrogens is 418 g/mol. The first-order valence-electron chi connectivity index (χ1n) is 6.85. The lowest BCUT2D eigenvalue weighted by Gasteiger charge is -2.12. The van der Waals surface area contributed by atoms with Crippen LogP contribution in [0.2, 0.25) is 0 Å². The maximum atomic E-state index is 11.6. The van der Waals surface area contributed by atoms with Crippen molar-refractivity contribution in [3.05, 3.63) is 26.6 Å². The first-order chi connectivity index (χ1) is 10.3. The summed E-state index contributed by atoms with van der Waals surface area (Å²) < 4.78 is 12.4. The number of halogens is 2. The van der Waals surface area contributed by atoms with Crippen molar-refractivity contribution in [1.29, 1.82) is 0 Å². The van der Waals surface area contributed by atoms with Crippen LogP contribution < -0.4 is 4.74 Å². The molecule has 0 fully saturated rings. The van der Waals surface area contributed by atoms with Gasteiger partial charge in [0.2, 0.25) is 0 Å². The number of rotatable bonds is 7. The first-order valence-corrected chi connectivity index (χ1v) is 8.44. The molecule has 0 radical (unpaired) electrons. The molecule has 0 atom stereocenters. The highest BCUT2D eigenvalue weighted by Gasteiger charge is 2.15. The lowest BCUT2D eigenvalue weighted by atomic mass is 10.2. The van der Waals surface area contributed by atoms with Gasteiger partial charge in [0.15, 0.2) is 5.71 Å². The summed E-state index contributed by atoms with van der Waals surface area (Å²) in [5.41, 5.74) is 1.11. The Balaban J connectivity index is 2.50. The van der Waals surface area contributed by atoms with Gasteiger partial charge in [-0.2, -0.15) is 0 Å². The van der Waals surface area contributed by atoms with E-state index < -0.39 is 5.97 Å². The summed E-state index contributed by atoms with van der Waals surface area (Å²) >= 11 is 6.90. The van der Waals surface area contributed by atoms with E-state index in [0.717, 1.165) is 14.5 Å². The molecule has 0 aromatic heterocycles. The lowest BCUT2D eigenvalue weighted by molar-refractivity contribution is -0.139. The molecule has 7 heteroatoms. The number of aryl methyl sites for hydroxylation is 1. The monoisotopic (exact) mass is 435 g/mol. The Morgan fingerprint density at radius 1 is 1.32 bits per heavy atom. The second-order valence-electron chi connectivity index (χ2n) is 5.01. The minimum Gasteiger partial charge on any atom is -0.491 e. The topological polar surface area (TPSA) is 68.1 Å². The van der Waals surface area contributed by atoms with Gasteiger partial charge in [0.25, 0.3) is 0 Å². The number of hydrogen-bond donors (Lipinski definition) is 1. The Labute approximate surface area is 146 Å². The molecule has 0 aliphatic heterocycles. The van der Waals surface area contributed by atoms with Crippen LogP contribution in [0.25, 0.3) is 0 Å².